The third-order valence-corrected chi connectivity index (χ3v) is 3.05. The number of allylic oxidation sites excluding steroid dienone is 2. The second-order valence-electron chi connectivity index (χ2n) is 4.88. The van der Waals surface area contributed by atoms with Gasteiger partial charge in [-0.05, 0) is 25.3 Å². The van der Waals surface area contributed by atoms with Gasteiger partial charge in [0.15, 0.2) is 5.78 Å². The van der Waals surface area contributed by atoms with Crippen LogP contribution in [0.25, 0.3) is 0 Å². The molecule has 0 unspecified atom stereocenters. The predicted molar refractivity (Wildman–Crippen MR) is 76.3 cm³/mol. The van der Waals surface area contributed by atoms with Crippen LogP contribution in [0.5, 0.6) is 0 Å². The van der Waals surface area contributed by atoms with Crippen molar-refractivity contribution in [3.05, 3.63) is 12.2 Å². The molecule has 0 aromatic rings. The molecule has 1 heteroatoms. The Morgan fingerprint density at radius 1 is 0.824 bits per heavy atom. The van der Waals surface area contributed by atoms with Crippen LogP contribution in [0.2, 0.25) is 0 Å². The van der Waals surface area contributed by atoms with Gasteiger partial charge in [-0.2, -0.15) is 0 Å². The highest BCUT2D eigenvalue weighted by molar-refractivity contribution is 5.89. The minimum absolute atomic E-state index is 0.301. The van der Waals surface area contributed by atoms with Gasteiger partial charge in [0.05, 0.1) is 0 Å². The molecule has 1 nitrogen and oxygen atoms in total. The monoisotopic (exact) mass is 238 g/mol. The summed E-state index contributed by atoms with van der Waals surface area (Å²) in [7, 11) is 0. The second-order valence-corrected chi connectivity index (χ2v) is 4.88. The quantitative estimate of drug-likeness (QED) is 0.327. The number of hydrogen-bond acceptors (Lipinski definition) is 1. The van der Waals surface area contributed by atoms with Gasteiger partial charge in [0.25, 0.3) is 0 Å². The standard InChI is InChI=1S/C16H30O/c1-3-5-7-8-9-10-11-12-13-15-16(17)14-6-4-2/h13,15H,3-12,14H2,1-2H3. The van der Waals surface area contributed by atoms with Crippen molar-refractivity contribution < 1.29 is 4.79 Å². The SMILES string of the molecule is CCCCCCCCCC=CC(=O)CCCC. The molecule has 0 amide bonds. The van der Waals surface area contributed by atoms with Gasteiger partial charge in [0, 0.05) is 6.42 Å². The first-order chi connectivity index (χ1) is 8.31. The molecule has 0 saturated carbocycles. The third kappa shape index (κ3) is 13.3. The topological polar surface area (TPSA) is 17.1 Å². The molecule has 0 radical (unpaired) electrons. The van der Waals surface area contributed by atoms with Crippen LogP contribution in [-0.4, -0.2) is 5.78 Å². The highest BCUT2D eigenvalue weighted by atomic mass is 16.1. The van der Waals surface area contributed by atoms with Crippen molar-refractivity contribution in [2.45, 2.75) is 84.5 Å². The maximum absolute atomic E-state index is 11.3. The molecule has 0 saturated heterocycles. The number of unbranched alkanes of at least 4 members (excludes halogenated alkanes) is 8. The fraction of sp³-hybridized carbons (Fsp3) is 0.812. The fourth-order valence-electron chi connectivity index (χ4n) is 1.87. The summed E-state index contributed by atoms with van der Waals surface area (Å²) < 4.78 is 0. The molecule has 0 aliphatic carbocycles. The van der Waals surface area contributed by atoms with E-state index in [1.807, 2.05) is 0 Å². The van der Waals surface area contributed by atoms with Crippen LogP contribution in [0.4, 0.5) is 0 Å². The van der Waals surface area contributed by atoms with E-state index in [1.54, 1.807) is 6.08 Å². The summed E-state index contributed by atoms with van der Waals surface area (Å²) in [5.74, 6) is 0.301. The summed E-state index contributed by atoms with van der Waals surface area (Å²) in [6.07, 6.45) is 17.2. The Labute approximate surface area is 108 Å². The van der Waals surface area contributed by atoms with E-state index in [-0.39, 0.29) is 0 Å². The summed E-state index contributed by atoms with van der Waals surface area (Å²) in [5, 5.41) is 0. The van der Waals surface area contributed by atoms with Gasteiger partial charge >= 0.3 is 0 Å². The van der Waals surface area contributed by atoms with Crippen LogP contribution in [0, 0.1) is 0 Å². The Balaban J connectivity index is 3.21. The molecule has 17 heavy (non-hydrogen) atoms. The summed E-state index contributed by atoms with van der Waals surface area (Å²) in [6.45, 7) is 4.37. The molecule has 0 aliphatic rings. The van der Waals surface area contributed by atoms with Gasteiger partial charge in [-0.1, -0.05) is 64.9 Å². The van der Waals surface area contributed by atoms with E-state index in [0.29, 0.717) is 5.78 Å². The van der Waals surface area contributed by atoms with Crippen molar-refractivity contribution in [3.8, 4) is 0 Å². The van der Waals surface area contributed by atoms with E-state index in [0.717, 1.165) is 25.7 Å². The zero-order valence-electron chi connectivity index (χ0n) is 11.8. The van der Waals surface area contributed by atoms with E-state index in [4.69, 9.17) is 0 Å². The van der Waals surface area contributed by atoms with Crippen LogP contribution >= 0.6 is 0 Å². The lowest BCUT2D eigenvalue weighted by Crippen LogP contribution is -1.91. The maximum Gasteiger partial charge on any atom is 0.155 e. The number of hydrogen-bond donors (Lipinski definition) is 0. The van der Waals surface area contributed by atoms with Crippen LogP contribution in [-0.2, 0) is 4.79 Å². The highest BCUT2D eigenvalue weighted by Crippen LogP contribution is 2.08. The molecular formula is C16H30O. The fourth-order valence-corrected chi connectivity index (χ4v) is 1.87. The van der Waals surface area contributed by atoms with Gasteiger partial charge in [-0.3, -0.25) is 4.79 Å². The van der Waals surface area contributed by atoms with E-state index in [1.165, 1.54) is 44.9 Å². The van der Waals surface area contributed by atoms with Gasteiger partial charge in [-0.15, -0.1) is 0 Å². The molecule has 0 fully saturated rings. The highest BCUT2D eigenvalue weighted by Gasteiger charge is 1.94. The van der Waals surface area contributed by atoms with Crippen LogP contribution in [0.1, 0.15) is 84.5 Å². The molecule has 0 bridgehead atoms. The molecule has 0 heterocycles. The van der Waals surface area contributed by atoms with E-state index in [2.05, 4.69) is 19.9 Å². The minimum Gasteiger partial charge on any atom is -0.295 e. The van der Waals surface area contributed by atoms with Crippen LogP contribution in [0.15, 0.2) is 12.2 Å². The van der Waals surface area contributed by atoms with Crippen molar-refractivity contribution in [1.82, 2.24) is 0 Å². The average Bonchev–Trinajstić information content (AvgIpc) is 2.34. The minimum atomic E-state index is 0.301. The summed E-state index contributed by atoms with van der Waals surface area (Å²) >= 11 is 0. The van der Waals surface area contributed by atoms with Gasteiger partial charge in [0.2, 0.25) is 0 Å². The Morgan fingerprint density at radius 3 is 2.06 bits per heavy atom. The second kappa shape index (κ2) is 13.5. The number of carbonyl (C=O) groups is 1. The molecular weight excluding hydrogens is 208 g/mol. The maximum atomic E-state index is 11.3. The summed E-state index contributed by atoms with van der Waals surface area (Å²) in [4.78, 5) is 11.3. The lowest BCUT2D eigenvalue weighted by Gasteiger charge is -1.98. The van der Waals surface area contributed by atoms with Gasteiger partial charge in [0.1, 0.15) is 0 Å². The van der Waals surface area contributed by atoms with E-state index >= 15 is 0 Å². The molecule has 0 rings (SSSR count). The van der Waals surface area contributed by atoms with Crippen molar-refractivity contribution in [1.29, 1.82) is 0 Å². The Bertz CT molecular complexity index is 194. The first-order valence-electron chi connectivity index (χ1n) is 7.50. The van der Waals surface area contributed by atoms with Crippen molar-refractivity contribution in [2.24, 2.45) is 0 Å². The third-order valence-electron chi connectivity index (χ3n) is 3.05. The van der Waals surface area contributed by atoms with Crippen LogP contribution in [0.3, 0.4) is 0 Å². The van der Waals surface area contributed by atoms with Crippen molar-refractivity contribution in [2.75, 3.05) is 0 Å². The number of rotatable bonds is 12. The molecule has 0 atom stereocenters. The number of carbonyl (C=O) groups excluding carboxylic acids is 1. The molecule has 0 aromatic heterocycles. The lowest BCUT2D eigenvalue weighted by atomic mass is 10.1. The normalized spacial score (nSPS) is 11.2. The van der Waals surface area contributed by atoms with Crippen molar-refractivity contribution in [3.63, 3.8) is 0 Å². The Hall–Kier alpha value is -0.590. The van der Waals surface area contributed by atoms with Crippen molar-refractivity contribution >= 4 is 5.78 Å². The number of ketones is 1. The molecule has 0 spiro atoms. The lowest BCUT2D eigenvalue weighted by molar-refractivity contribution is -0.114. The first-order valence-corrected chi connectivity index (χ1v) is 7.50. The summed E-state index contributed by atoms with van der Waals surface area (Å²) in [5.41, 5.74) is 0. The summed E-state index contributed by atoms with van der Waals surface area (Å²) in [6, 6.07) is 0. The molecule has 0 aromatic carbocycles. The smallest absolute Gasteiger partial charge is 0.155 e. The molecule has 0 N–H and O–H groups in total. The van der Waals surface area contributed by atoms with E-state index in [9.17, 15) is 4.79 Å². The predicted octanol–water partition coefficient (Wildman–Crippen LogP) is 5.44. The Kier molecular flexibility index (Phi) is 13.0. The zero-order valence-corrected chi connectivity index (χ0v) is 11.8. The van der Waals surface area contributed by atoms with E-state index < -0.39 is 0 Å². The average molecular weight is 238 g/mol. The molecule has 100 valence electrons. The zero-order chi connectivity index (χ0) is 12.8. The molecule has 0 aliphatic heterocycles. The first kappa shape index (κ1) is 16.4. The van der Waals surface area contributed by atoms with Gasteiger partial charge in [-0.25, -0.2) is 0 Å². The largest absolute Gasteiger partial charge is 0.295 e. The Morgan fingerprint density at radius 2 is 1.41 bits per heavy atom. The van der Waals surface area contributed by atoms with Gasteiger partial charge < -0.3 is 0 Å². The van der Waals surface area contributed by atoms with Crippen LogP contribution < -0.4 is 0 Å².